The third-order valence-corrected chi connectivity index (χ3v) is 3.42. The first kappa shape index (κ1) is 13.2. The van der Waals surface area contributed by atoms with Crippen LogP contribution in [-0.2, 0) is 0 Å². The van der Waals surface area contributed by atoms with E-state index in [1.54, 1.807) is 0 Å². The SMILES string of the molecule is CCCN1CCN(c2ccc(OCC)cc2)CC1. The van der Waals surface area contributed by atoms with Gasteiger partial charge >= 0.3 is 0 Å². The van der Waals surface area contributed by atoms with Crippen molar-refractivity contribution in [1.29, 1.82) is 0 Å². The minimum Gasteiger partial charge on any atom is -0.494 e. The van der Waals surface area contributed by atoms with Gasteiger partial charge in [-0.05, 0) is 44.2 Å². The Morgan fingerprint density at radius 2 is 1.67 bits per heavy atom. The molecule has 18 heavy (non-hydrogen) atoms. The maximum atomic E-state index is 5.47. The van der Waals surface area contributed by atoms with Gasteiger partial charge in [-0.3, -0.25) is 4.90 Å². The Morgan fingerprint density at radius 3 is 2.22 bits per heavy atom. The molecule has 0 bridgehead atoms. The standard InChI is InChI=1S/C15H24N2O/c1-3-9-16-10-12-17(13-11-16)14-5-7-15(8-6-14)18-4-2/h5-8H,3-4,9-13H2,1-2H3. The van der Waals surface area contributed by atoms with Crippen molar-refractivity contribution >= 4 is 5.69 Å². The van der Waals surface area contributed by atoms with E-state index in [9.17, 15) is 0 Å². The fraction of sp³-hybridized carbons (Fsp3) is 0.600. The molecule has 0 atom stereocenters. The molecule has 1 aliphatic rings. The Bertz CT molecular complexity index is 342. The second-order valence-electron chi connectivity index (χ2n) is 4.76. The van der Waals surface area contributed by atoms with Gasteiger partial charge in [0, 0.05) is 31.9 Å². The van der Waals surface area contributed by atoms with Gasteiger partial charge in [-0.15, -0.1) is 0 Å². The molecule has 1 aromatic carbocycles. The van der Waals surface area contributed by atoms with E-state index in [0.717, 1.165) is 25.4 Å². The summed E-state index contributed by atoms with van der Waals surface area (Å²) in [5, 5.41) is 0. The van der Waals surface area contributed by atoms with Crippen LogP contribution in [0.5, 0.6) is 5.75 Å². The second kappa shape index (κ2) is 6.64. The van der Waals surface area contributed by atoms with E-state index in [1.165, 1.54) is 31.7 Å². The summed E-state index contributed by atoms with van der Waals surface area (Å²) in [6.45, 7) is 10.9. The van der Waals surface area contributed by atoms with Crippen molar-refractivity contribution in [2.24, 2.45) is 0 Å². The molecular formula is C15H24N2O. The number of hydrogen-bond donors (Lipinski definition) is 0. The van der Waals surface area contributed by atoms with Gasteiger partial charge in [0.05, 0.1) is 6.61 Å². The molecular weight excluding hydrogens is 224 g/mol. The van der Waals surface area contributed by atoms with Crippen LogP contribution in [0.3, 0.4) is 0 Å². The van der Waals surface area contributed by atoms with Gasteiger partial charge in [-0.2, -0.15) is 0 Å². The van der Waals surface area contributed by atoms with E-state index in [4.69, 9.17) is 4.74 Å². The number of ether oxygens (including phenoxy) is 1. The topological polar surface area (TPSA) is 15.7 Å². The molecule has 0 radical (unpaired) electrons. The van der Waals surface area contributed by atoms with Gasteiger partial charge in [0.1, 0.15) is 5.75 Å². The molecule has 0 amide bonds. The van der Waals surface area contributed by atoms with E-state index in [0.29, 0.717) is 0 Å². The molecule has 1 aromatic rings. The minimum atomic E-state index is 0.731. The van der Waals surface area contributed by atoms with E-state index in [2.05, 4.69) is 41.0 Å². The van der Waals surface area contributed by atoms with Gasteiger partial charge in [0.15, 0.2) is 0 Å². The number of piperazine rings is 1. The molecule has 0 unspecified atom stereocenters. The fourth-order valence-electron chi connectivity index (χ4n) is 2.47. The summed E-state index contributed by atoms with van der Waals surface area (Å²) in [5.74, 6) is 0.964. The molecule has 3 nitrogen and oxygen atoms in total. The van der Waals surface area contributed by atoms with E-state index in [1.807, 2.05) is 6.92 Å². The lowest BCUT2D eigenvalue weighted by atomic mass is 10.2. The lowest BCUT2D eigenvalue weighted by Gasteiger charge is -2.36. The summed E-state index contributed by atoms with van der Waals surface area (Å²) in [7, 11) is 0. The Hall–Kier alpha value is -1.22. The number of benzene rings is 1. The molecule has 0 spiro atoms. The van der Waals surface area contributed by atoms with Crippen LogP contribution < -0.4 is 9.64 Å². The highest BCUT2D eigenvalue weighted by atomic mass is 16.5. The average Bonchev–Trinajstić information content (AvgIpc) is 2.41. The van der Waals surface area contributed by atoms with E-state index >= 15 is 0 Å². The molecule has 1 heterocycles. The van der Waals surface area contributed by atoms with Gasteiger partial charge in [0.25, 0.3) is 0 Å². The van der Waals surface area contributed by atoms with Crippen molar-refractivity contribution < 1.29 is 4.74 Å². The maximum Gasteiger partial charge on any atom is 0.119 e. The molecule has 0 N–H and O–H groups in total. The van der Waals surface area contributed by atoms with Crippen LogP contribution in [0.2, 0.25) is 0 Å². The summed E-state index contributed by atoms with van der Waals surface area (Å²) in [6, 6.07) is 8.47. The molecule has 1 fully saturated rings. The molecule has 100 valence electrons. The molecule has 0 aromatic heterocycles. The van der Waals surface area contributed by atoms with Crippen molar-refractivity contribution in [3.05, 3.63) is 24.3 Å². The normalized spacial score (nSPS) is 16.9. The maximum absolute atomic E-state index is 5.47. The second-order valence-corrected chi connectivity index (χ2v) is 4.76. The zero-order valence-electron chi connectivity index (χ0n) is 11.6. The van der Waals surface area contributed by atoms with Crippen molar-refractivity contribution in [3.63, 3.8) is 0 Å². The van der Waals surface area contributed by atoms with Crippen molar-refractivity contribution in [2.45, 2.75) is 20.3 Å². The highest BCUT2D eigenvalue weighted by Crippen LogP contribution is 2.20. The zero-order valence-corrected chi connectivity index (χ0v) is 11.6. The van der Waals surface area contributed by atoms with Crippen LogP contribution in [0.25, 0.3) is 0 Å². The highest BCUT2D eigenvalue weighted by Gasteiger charge is 2.16. The predicted octanol–water partition coefficient (Wildman–Crippen LogP) is 2.62. The first-order chi connectivity index (χ1) is 8.83. The van der Waals surface area contributed by atoms with Crippen LogP contribution >= 0.6 is 0 Å². The lowest BCUT2D eigenvalue weighted by molar-refractivity contribution is 0.258. The van der Waals surface area contributed by atoms with Gasteiger partial charge < -0.3 is 9.64 Å². The van der Waals surface area contributed by atoms with Crippen LogP contribution in [0.1, 0.15) is 20.3 Å². The monoisotopic (exact) mass is 248 g/mol. The Balaban J connectivity index is 1.89. The summed E-state index contributed by atoms with van der Waals surface area (Å²) in [6.07, 6.45) is 1.25. The summed E-state index contributed by atoms with van der Waals surface area (Å²) in [4.78, 5) is 5.01. The number of anilines is 1. The van der Waals surface area contributed by atoms with Gasteiger partial charge in [-0.25, -0.2) is 0 Å². The lowest BCUT2D eigenvalue weighted by Crippen LogP contribution is -2.46. The molecule has 2 rings (SSSR count). The summed E-state index contributed by atoms with van der Waals surface area (Å²) >= 11 is 0. The Morgan fingerprint density at radius 1 is 1.00 bits per heavy atom. The number of nitrogens with zero attached hydrogens (tertiary/aromatic N) is 2. The minimum absolute atomic E-state index is 0.731. The van der Waals surface area contributed by atoms with Crippen LogP contribution in [0.4, 0.5) is 5.69 Å². The first-order valence-electron chi connectivity index (χ1n) is 7.03. The fourth-order valence-corrected chi connectivity index (χ4v) is 2.47. The number of rotatable bonds is 5. The van der Waals surface area contributed by atoms with E-state index < -0.39 is 0 Å². The summed E-state index contributed by atoms with van der Waals surface area (Å²) < 4.78 is 5.47. The Kier molecular flexibility index (Phi) is 4.88. The van der Waals surface area contributed by atoms with Crippen molar-refractivity contribution in [2.75, 3.05) is 44.2 Å². The number of hydrogen-bond acceptors (Lipinski definition) is 3. The third kappa shape index (κ3) is 3.39. The smallest absolute Gasteiger partial charge is 0.119 e. The molecule has 1 aliphatic heterocycles. The first-order valence-corrected chi connectivity index (χ1v) is 7.03. The Labute approximate surface area is 110 Å². The van der Waals surface area contributed by atoms with Crippen LogP contribution in [0.15, 0.2) is 24.3 Å². The molecule has 0 saturated carbocycles. The van der Waals surface area contributed by atoms with Crippen molar-refractivity contribution in [1.82, 2.24) is 4.90 Å². The molecule has 1 saturated heterocycles. The molecule has 3 heteroatoms. The molecule has 0 aliphatic carbocycles. The average molecular weight is 248 g/mol. The predicted molar refractivity (Wildman–Crippen MR) is 76.6 cm³/mol. The zero-order chi connectivity index (χ0) is 12.8. The van der Waals surface area contributed by atoms with Crippen LogP contribution in [0, 0.1) is 0 Å². The van der Waals surface area contributed by atoms with Crippen molar-refractivity contribution in [3.8, 4) is 5.75 Å². The highest BCUT2D eigenvalue weighted by molar-refractivity contribution is 5.49. The third-order valence-electron chi connectivity index (χ3n) is 3.42. The quantitative estimate of drug-likeness (QED) is 0.796. The van der Waals surface area contributed by atoms with Gasteiger partial charge in [-0.1, -0.05) is 6.92 Å². The van der Waals surface area contributed by atoms with E-state index in [-0.39, 0.29) is 0 Å². The van der Waals surface area contributed by atoms with Gasteiger partial charge in [0.2, 0.25) is 0 Å². The van der Waals surface area contributed by atoms with Crippen LogP contribution in [-0.4, -0.2) is 44.2 Å². The summed E-state index contributed by atoms with van der Waals surface area (Å²) in [5.41, 5.74) is 1.31. The largest absolute Gasteiger partial charge is 0.494 e.